The second kappa shape index (κ2) is 8.97. The molecule has 2 aromatic rings. The van der Waals surface area contributed by atoms with Crippen LogP contribution in [0, 0.1) is 5.41 Å². The van der Waals surface area contributed by atoms with Gasteiger partial charge >= 0.3 is 0 Å². The van der Waals surface area contributed by atoms with Crippen LogP contribution in [0.4, 0.5) is 0 Å². The molecule has 0 atom stereocenters. The number of nitrogens with zero attached hydrogens (tertiary/aromatic N) is 1. The summed E-state index contributed by atoms with van der Waals surface area (Å²) in [5.41, 5.74) is 2.32. The summed E-state index contributed by atoms with van der Waals surface area (Å²) < 4.78 is 17.0. The van der Waals surface area contributed by atoms with Gasteiger partial charge in [0.15, 0.2) is 0 Å². The maximum absolute atomic E-state index is 5.87. The van der Waals surface area contributed by atoms with Crippen molar-refractivity contribution in [3.8, 4) is 17.0 Å². The van der Waals surface area contributed by atoms with Crippen molar-refractivity contribution in [2.45, 2.75) is 26.2 Å². The lowest BCUT2D eigenvalue weighted by Crippen LogP contribution is -2.45. The minimum atomic E-state index is 0.280. The number of hydrogen-bond donors (Lipinski definition) is 0. The van der Waals surface area contributed by atoms with Gasteiger partial charge in [0.2, 0.25) is 0 Å². The van der Waals surface area contributed by atoms with E-state index in [0.29, 0.717) is 6.61 Å². The number of pyridine rings is 1. The van der Waals surface area contributed by atoms with Crippen molar-refractivity contribution in [3.05, 3.63) is 48.7 Å². The van der Waals surface area contributed by atoms with Crippen LogP contribution < -0.4 is 4.74 Å². The molecule has 0 bridgehead atoms. The first-order chi connectivity index (χ1) is 12.3. The average molecular weight is 341 g/mol. The van der Waals surface area contributed by atoms with Crippen molar-refractivity contribution in [1.29, 1.82) is 0 Å². The van der Waals surface area contributed by atoms with Crippen LogP contribution in [0.3, 0.4) is 0 Å². The zero-order valence-electron chi connectivity index (χ0n) is 14.9. The largest absolute Gasteiger partial charge is 0.494 e. The SMILES string of the molecule is CCC1(COCCCCOc2cccc(-c3ccccn3)c2)COC1. The van der Waals surface area contributed by atoms with E-state index >= 15 is 0 Å². The quantitative estimate of drug-likeness (QED) is 0.602. The average Bonchev–Trinajstić information content (AvgIpc) is 2.64. The molecular weight excluding hydrogens is 314 g/mol. The molecule has 1 aromatic heterocycles. The van der Waals surface area contributed by atoms with E-state index in [0.717, 1.165) is 62.7 Å². The summed E-state index contributed by atoms with van der Waals surface area (Å²) >= 11 is 0. The third-order valence-corrected chi connectivity index (χ3v) is 4.72. The van der Waals surface area contributed by atoms with Crippen LogP contribution in [-0.4, -0.2) is 38.0 Å². The van der Waals surface area contributed by atoms with E-state index in [4.69, 9.17) is 14.2 Å². The second-order valence-electron chi connectivity index (χ2n) is 6.70. The van der Waals surface area contributed by atoms with Crippen molar-refractivity contribution in [3.63, 3.8) is 0 Å². The Morgan fingerprint density at radius 3 is 2.68 bits per heavy atom. The van der Waals surface area contributed by atoms with E-state index in [1.807, 2.05) is 36.4 Å². The maximum Gasteiger partial charge on any atom is 0.119 e. The fraction of sp³-hybridized carbons (Fsp3) is 0.476. The van der Waals surface area contributed by atoms with Crippen LogP contribution in [0.2, 0.25) is 0 Å². The maximum atomic E-state index is 5.87. The third-order valence-electron chi connectivity index (χ3n) is 4.72. The Kier molecular flexibility index (Phi) is 6.42. The lowest BCUT2D eigenvalue weighted by atomic mass is 9.84. The summed E-state index contributed by atoms with van der Waals surface area (Å²) in [7, 11) is 0. The van der Waals surface area contributed by atoms with Crippen LogP contribution >= 0.6 is 0 Å². The lowest BCUT2D eigenvalue weighted by molar-refractivity contribution is -0.150. The summed E-state index contributed by atoms with van der Waals surface area (Å²) in [5, 5.41) is 0. The molecule has 0 unspecified atom stereocenters. The van der Waals surface area contributed by atoms with E-state index in [-0.39, 0.29) is 5.41 Å². The van der Waals surface area contributed by atoms with Crippen LogP contribution in [0.1, 0.15) is 26.2 Å². The van der Waals surface area contributed by atoms with E-state index in [1.165, 1.54) is 0 Å². The van der Waals surface area contributed by atoms with Crippen molar-refractivity contribution < 1.29 is 14.2 Å². The zero-order valence-corrected chi connectivity index (χ0v) is 14.9. The normalized spacial score (nSPS) is 15.6. The summed E-state index contributed by atoms with van der Waals surface area (Å²) in [4.78, 5) is 4.38. The molecule has 0 spiro atoms. The molecule has 1 aliphatic heterocycles. The third kappa shape index (κ3) is 5.03. The minimum absolute atomic E-state index is 0.280. The highest BCUT2D eigenvalue weighted by atomic mass is 16.5. The van der Waals surface area contributed by atoms with E-state index in [2.05, 4.69) is 18.0 Å². The Morgan fingerprint density at radius 2 is 1.96 bits per heavy atom. The van der Waals surface area contributed by atoms with Gasteiger partial charge in [0.1, 0.15) is 5.75 Å². The second-order valence-corrected chi connectivity index (χ2v) is 6.70. The summed E-state index contributed by atoms with van der Waals surface area (Å²) in [6.45, 7) is 6.21. The van der Waals surface area contributed by atoms with Gasteiger partial charge in [-0.3, -0.25) is 4.98 Å². The fourth-order valence-electron chi connectivity index (χ4n) is 2.84. The highest BCUT2D eigenvalue weighted by Gasteiger charge is 2.36. The predicted octanol–water partition coefficient (Wildman–Crippen LogP) is 4.35. The summed E-state index contributed by atoms with van der Waals surface area (Å²) in [6.07, 6.45) is 4.94. The monoisotopic (exact) mass is 341 g/mol. The molecule has 4 heteroatoms. The van der Waals surface area contributed by atoms with Crippen LogP contribution in [-0.2, 0) is 9.47 Å². The van der Waals surface area contributed by atoms with Crippen molar-refractivity contribution in [2.75, 3.05) is 33.0 Å². The number of unbranched alkanes of at least 4 members (excludes halogenated alkanes) is 1. The van der Waals surface area contributed by atoms with Gasteiger partial charge in [-0.2, -0.15) is 0 Å². The molecule has 3 rings (SSSR count). The molecular formula is C21H27NO3. The molecule has 0 radical (unpaired) electrons. The number of ether oxygens (including phenoxy) is 3. The Labute approximate surface area is 150 Å². The fourth-order valence-corrected chi connectivity index (χ4v) is 2.84. The molecule has 2 heterocycles. The highest BCUT2D eigenvalue weighted by molar-refractivity contribution is 5.60. The Bertz CT molecular complexity index is 635. The summed E-state index contributed by atoms with van der Waals surface area (Å²) in [5.74, 6) is 0.889. The Balaban J connectivity index is 1.34. The van der Waals surface area contributed by atoms with Crippen molar-refractivity contribution >= 4 is 0 Å². The predicted molar refractivity (Wildman–Crippen MR) is 98.8 cm³/mol. The summed E-state index contributed by atoms with van der Waals surface area (Å²) in [6, 6.07) is 14.0. The standard InChI is InChI=1S/C21H27NO3/c1-2-21(16-24-17-21)15-23-12-5-6-13-25-19-9-7-8-18(14-19)20-10-3-4-11-22-20/h3-4,7-11,14H,2,5-6,12-13,15-17H2,1H3. The molecule has 1 fully saturated rings. The molecule has 0 saturated carbocycles. The van der Waals surface area contributed by atoms with Gasteiger partial charge in [0.25, 0.3) is 0 Å². The molecule has 134 valence electrons. The Morgan fingerprint density at radius 1 is 1.08 bits per heavy atom. The van der Waals surface area contributed by atoms with Gasteiger partial charge in [-0.25, -0.2) is 0 Å². The number of aromatic nitrogens is 1. The van der Waals surface area contributed by atoms with Crippen LogP contribution in [0.15, 0.2) is 48.7 Å². The number of hydrogen-bond acceptors (Lipinski definition) is 4. The van der Waals surface area contributed by atoms with Gasteiger partial charge in [0.05, 0.1) is 32.1 Å². The van der Waals surface area contributed by atoms with Gasteiger partial charge in [-0.15, -0.1) is 0 Å². The lowest BCUT2D eigenvalue weighted by Gasteiger charge is -2.40. The molecule has 1 aromatic carbocycles. The number of benzene rings is 1. The highest BCUT2D eigenvalue weighted by Crippen LogP contribution is 2.31. The molecule has 1 saturated heterocycles. The smallest absolute Gasteiger partial charge is 0.119 e. The topological polar surface area (TPSA) is 40.6 Å². The van der Waals surface area contributed by atoms with Gasteiger partial charge in [-0.1, -0.05) is 25.1 Å². The van der Waals surface area contributed by atoms with E-state index in [1.54, 1.807) is 6.20 Å². The molecule has 1 aliphatic rings. The van der Waals surface area contributed by atoms with Crippen LogP contribution in [0.5, 0.6) is 5.75 Å². The molecule has 0 amide bonds. The van der Waals surface area contributed by atoms with Crippen LogP contribution in [0.25, 0.3) is 11.3 Å². The van der Waals surface area contributed by atoms with Crippen molar-refractivity contribution in [2.24, 2.45) is 5.41 Å². The van der Waals surface area contributed by atoms with Crippen molar-refractivity contribution in [1.82, 2.24) is 4.98 Å². The van der Waals surface area contributed by atoms with Gasteiger partial charge < -0.3 is 14.2 Å². The van der Waals surface area contributed by atoms with Gasteiger partial charge in [0, 0.05) is 23.8 Å². The van der Waals surface area contributed by atoms with E-state index < -0.39 is 0 Å². The minimum Gasteiger partial charge on any atom is -0.494 e. The molecule has 4 nitrogen and oxygen atoms in total. The van der Waals surface area contributed by atoms with Gasteiger partial charge in [-0.05, 0) is 43.5 Å². The first kappa shape index (κ1) is 17.9. The molecule has 0 aliphatic carbocycles. The zero-order chi connectivity index (χ0) is 17.4. The Hall–Kier alpha value is -1.91. The first-order valence-corrected chi connectivity index (χ1v) is 9.11. The van der Waals surface area contributed by atoms with E-state index in [9.17, 15) is 0 Å². The number of rotatable bonds is 10. The first-order valence-electron chi connectivity index (χ1n) is 9.11. The molecule has 25 heavy (non-hydrogen) atoms. The molecule has 0 N–H and O–H groups in total.